The Kier molecular flexibility index (Phi) is 3.96. The fourth-order valence-electron chi connectivity index (χ4n) is 1.20. The van der Waals surface area contributed by atoms with E-state index >= 15 is 0 Å². The fourth-order valence-corrected chi connectivity index (χ4v) is 1.20. The second kappa shape index (κ2) is 5.01. The molecule has 1 rings (SSSR count). The van der Waals surface area contributed by atoms with Crippen LogP contribution in [0.3, 0.4) is 0 Å². The first-order chi connectivity index (χ1) is 6.59. The van der Waals surface area contributed by atoms with E-state index in [9.17, 15) is 0 Å². The zero-order valence-corrected chi connectivity index (χ0v) is 9.54. The van der Waals surface area contributed by atoms with Gasteiger partial charge in [0.25, 0.3) is 0 Å². The molecule has 0 fully saturated rings. The lowest BCUT2D eigenvalue weighted by molar-refractivity contribution is 0.416. The maximum atomic E-state index is 3.27. The van der Waals surface area contributed by atoms with Crippen LogP contribution in [0.15, 0.2) is 18.2 Å². The lowest BCUT2D eigenvalue weighted by Gasteiger charge is -2.21. The number of rotatable bonds is 4. The van der Waals surface area contributed by atoms with Crippen molar-refractivity contribution in [1.29, 1.82) is 0 Å². The van der Waals surface area contributed by atoms with Gasteiger partial charge in [-0.3, -0.25) is 0 Å². The zero-order valence-electron chi connectivity index (χ0n) is 9.54. The van der Waals surface area contributed by atoms with Crippen LogP contribution in [0.2, 0.25) is 0 Å². The number of aryl methyl sites for hydroxylation is 1. The minimum atomic E-state index is 1.03. The van der Waals surface area contributed by atoms with Gasteiger partial charge >= 0.3 is 0 Å². The van der Waals surface area contributed by atoms with Crippen LogP contribution >= 0.6 is 0 Å². The smallest absolute Gasteiger partial charge is 0.0444 e. The van der Waals surface area contributed by atoms with Crippen LogP contribution in [0.4, 0.5) is 5.69 Å². The summed E-state index contributed by atoms with van der Waals surface area (Å²) >= 11 is 0. The van der Waals surface area contributed by atoms with Crippen molar-refractivity contribution >= 4 is 5.69 Å². The highest BCUT2D eigenvalue weighted by molar-refractivity contribution is 5.45. The molecule has 2 heteroatoms. The number of nitrogens with zero attached hydrogens (tertiary/aromatic N) is 2. The molecule has 0 amide bonds. The Morgan fingerprint density at radius 1 is 1.14 bits per heavy atom. The van der Waals surface area contributed by atoms with Gasteiger partial charge in [-0.05, 0) is 33.2 Å². The van der Waals surface area contributed by atoms with Gasteiger partial charge in [0, 0.05) is 31.9 Å². The normalized spacial score (nSPS) is 10.6. The predicted molar refractivity (Wildman–Crippen MR) is 61.8 cm³/mol. The van der Waals surface area contributed by atoms with Crippen LogP contribution in [-0.2, 0) is 0 Å². The van der Waals surface area contributed by atoms with E-state index in [1.165, 1.54) is 5.56 Å². The summed E-state index contributed by atoms with van der Waals surface area (Å²) in [6, 6.07) is 9.54. The molecule has 0 atom stereocenters. The minimum absolute atomic E-state index is 1.03. The van der Waals surface area contributed by atoms with E-state index in [1.807, 2.05) is 6.07 Å². The van der Waals surface area contributed by atoms with Crippen molar-refractivity contribution in [1.82, 2.24) is 4.90 Å². The quantitative estimate of drug-likeness (QED) is 0.716. The van der Waals surface area contributed by atoms with E-state index in [2.05, 4.69) is 56.1 Å². The highest BCUT2D eigenvalue weighted by Gasteiger charge is 2.00. The Hall–Kier alpha value is -1.02. The molecule has 0 saturated heterocycles. The van der Waals surface area contributed by atoms with Crippen molar-refractivity contribution in [3.8, 4) is 0 Å². The molecular formula is C12H19N2. The molecule has 0 bridgehead atoms. The van der Waals surface area contributed by atoms with Crippen LogP contribution < -0.4 is 4.90 Å². The number of likely N-dealkylation sites (N-methyl/N-ethyl adjacent to an activating group) is 2. The van der Waals surface area contributed by atoms with Crippen molar-refractivity contribution in [2.75, 3.05) is 39.1 Å². The van der Waals surface area contributed by atoms with E-state index in [-0.39, 0.29) is 0 Å². The lowest BCUT2D eigenvalue weighted by atomic mass is 10.2. The summed E-state index contributed by atoms with van der Waals surface area (Å²) < 4.78 is 0. The van der Waals surface area contributed by atoms with Crippen molar-refractivity contribution in [2.24, 2.45) is 0 Å². The highest BCUT2D eigenvalue weighted by Crippen LogP contribution is 2.11. The van der Waals surface area contributed by atoms with E-state index in [0.717, 1.165) is 18.8 Å². The molecule has 0 unspecified atom stereocenters. The molecule has 14 heavy (non-hydrogen) atoms. The molecule has 0 aliphatic rings. The Balaban J connectivity index is 2.52. The summed E-state index contributed by atoms with van der Waals surface area (Å²) in [6.45, 7) is 4.19. The third kappa shape index (κ3) is 3.38. The van der Waals surface area contributed by atoms with Gasteiger partial charge in [0.05, 0.1) is 0 Å². The SMILES string of the molecule is Cc1c[c]c(N(C)CCN(C)C)cc1. The molecule has 0 aliphatic heterocycles. The number of hydrogen-bond acceptors (Lipinski definition) is 2. The van der Waals surface area contributed by atoms with Gasteiger partial charge in [0.1, 0.15) is 0 Å². The Labute approximate surface area is 87.1 Å². The largest absolute Gasteiger partial charge is 0.373 e. The second-order valence-corrected chi connectivity index (χ2v) is 3.98. The Morgan fingerprint density at radius 3 is 2.36 bits per heavy atom. The van der Waals surface area contributed by atoms with Crippen molar-refractivity contribution in [3.05, 3.63) is 29.8 Å². The molecule has 0 spiro atoms. The summed E-state index contributed by atoms with van der Waals surface area (Å²) in [5, 5.41) is 0. The zero-order chi connectivity index (χ0) is 10.6. The van der Waals surface area contributed by atoms with Crippen LogP contribution in [0.25, 0.3) is 0 Å². The maximum absolute atomic E-state index is 3.27. The van der Waals surface area contributed by atoms with Gasteiger partial charge in [-0.25, -0.2) is 0 Å². The molecule has 0 heterocycles. The van der Waals surface area contributed by atoms with Gasteiger partial charge in [-0.15, -0.1) is 0 Å². The number of benzene rings is 1. The van der Waals surface area contributed by atoms with E-state index < -0.39 is 0 Å². The average molecular weight is 191 g/mol. The molecule has 1 aromatic carbocycles. The van der Waals surface area contributed by atoms with E-state index in [0.29, 0.717) is 0 Å². The third-order valence-electron chi connectivity index (χ3n) is 2.25. The summed E-state index contributed by atoms with van der Waals surface area (Å²) in [6.07, 6.45) is 0. The van der Waals surface area contributed by atoms with E-state index in [1.54, 1.807) is 0 Å². The summed E-state index contributed by atoms with van der Waals surface area (Å²) in [5.41, 5.74) is 2.42. The average Bonchev–Trinajstić information content (AvgIpc) is 2.15. The van der Waals surface area contributed by atoms with Gasteiger partial charge in [0.15, 0.2) is 0 Å². The van der Waals surface area contributed by atoms with Gasteiger partial charge < -0.3 is 9.80 Å². The number of anilines is 1. The molecular weight excluding hydrogens is 172 g/mol. The third-order valence-corrected chi connectivity index (χ3v) is 2.25. The molecule has 77 valence electrons. The monoisotopic (exact) mass is 191 g/mol. The molecule has 0 N–H and O–H groups in total. The molecule has 1 radical (unpaired) electrons. The highest BCUT2D eigenvalue weighted by atomic mass is 15.1. The minimum Gasteiger partial charge on any atom is -0.373 e. The van der Waals surface area contributed by atoms with Crippen molar-refractivity contribution in [2.45, 2.75) is 6.92 Å². The van der Waals surface area contributed by atoms with Crippen molar-refractivity contribution < 1.29 is 0 Å². The molecule has 2 nitrogen and oxygen atoms in total. The van der Waals surface area contributed by atoms with Crippen LogP contribution in [0.1, 0.15) is 5.56 Å². The topological polar surface area (TPSA) is 6.48 Å². The molecule has 0 aromatic heterocycles. The first kappa shape index (κ1) is 11.1. The Morgan fingerprint density at radius 2 is 1.86 bits per heavy atom. The number of hydrogen-bond donors (Lipinski definition) is 0. The van der Waals surface area contributed by atoms with Gasteiger partial charge in [0.2, 0.25) is 0 Å². The Bertz CT molecular complexity index is 264. The van der Waals surface area contributed by atoms with Gasteiger partial charge in [-0.1, -0.05) is 11.6 Å². The van der Waals surface area contributed by atoms with Crippen LogP contribution in [0.5, 0.6) is 0 Å². The summed E-state index contributed by atoms with van der Waals surface area (Å²) in [5.74, 6) is 0. The van der Waals surface area contributed by atoms with E-state index in [4.69, 9.17) is 0 Å². The van der Waals surface area contributed by atoms with Crippen LogP contribution in [-0.4, -0.2) is 39.1 Å². The standard InChI is InChI=1S/C12H19N2/c1-11-5-7-12(8-6-11)14(4)10-9-13(2)3/h5-7H,9-10H2,1-4H3. The fraction of sp³-hybridized carbons (Fsp3) is 0.500. The predicted octanol–water partition coefficient (Wildman–Crippen LogP) is 1.79. The van der Waals surface area contributed by atoms with Crippen molar-refractivity contribution in [3.63, 3.8) is 0 Å². The molecule has 0 saturated carbocycles. The lowest BCUT2D eigenvalue weighted by Crippen LogP contribution is -2.28. The molecule has 0 aliphatic carbocycles. The summed E-state index contributed by atoms with van der Waals surface area (Å²) in [7, 11) is 6.28. The maximum Gasteiger partial charge on any atom is 0.0444 e. The summed E-state index contributed by atoms with van der Waals surface area (Å²) in [4.78, 5) is 4.41. The first-order valence-electron chi connectivity index (χ1n) is 4.94. The second-order valence-electron chi connectivity index (χ2n) is 3.98. The molecule has 1 aromatic rings. The van der Waals surface area contributed by atoms with Gasteiger partial charge in [-0.2, -0.15) is 0 Å². The first-order valence-corrected chi connectivity index (χ1v) is 4.94. The van der Waals surface area contributed by atoms with Crippen LogP contribution in [0, 0.1) is 13.0 Å².